The van der Waals surface area contributed by atoms with Crippen molar-refractivity contribution in [3.63, 3.8) is 0 Å². The van der Waals surface area contributed by atoms with Gasteiger partial charge in [0.15, 0.2) is 0 Å². The molecule has 2 aromatic carbocycles. The first-order valence-electron chi connectivity index (χ1n) is 6.02. The molecule has 0 saturated heterocycles. The predicted molar refractivity (Wildman–Crippen MR) is 79.5 cm³/mol. The smallest absolute Gasteiger partial charge is 0.235 e. The fourth-order valence-corrected chi connectivity index (χ4v) is 1.64. The highest BCUT2D eigenvalue weighted by atomic mass is 16.6. The normalized spacial score (nSPS) is 11.2. The molecule has 2 aromatic rings. The summed E-state index contributed by atoms with van der Waals surface area (Å²) in [6.07, 6.45) is 6.24. The first-order valence-corrected chi connectivity index (χ1v) is 6.02. The Hall–Kier alpha value is -2.88. The molecule has 0 radical (unpaired) electrons. The molecule has 0 amide bonds. The molecule has 0 aliphatic heterocycles. The Morgan fingerprint density at radius 3 is 1.65 bits per heavy atom. The number of aromatic hydroxyl groups is 1. The van der Waals surface area contributed by atoms with Crippen LogP contribution >= 0.6 is 0 Å². The van der Waals surface area contributed by atoms with Gasteiger partial charge in [0.05, 0.1) is 4.92 Å². The van der Waals surface area contributed by atoms with Crippen molar-refractivity contribution in [1.82, 2.24) is 0 Å². The average Bonchev–Trinajstić information content (AvgIpc) is 2.45. The van der Waals surface area contributed by atoms with Crippen LogP contribution in [0.15, 0.2) is 54.7 Å². The first-order chi connectivity index (χ1) is 9.63. The molecule has 100 valence electrons. The number of rotatable bonds is 4. The third kappa shape index (κ3) is 4.10. The third-order valence-corrected chi connectivity index (χ3v) is 2.69. The summed E-state index contributed by atoms with van der Waals surface area (Å²) in [5.41, 5.74) is 2.76. The van der Waals surface area contributed by atoms with Crippen LogP contribution in [0.4, 0.5) is 0 Å². The number of hydrogen-bond donors (Lipinski definition) is 1. The molecule has 0 saturated carbocycles. The molecule has 0 fully saturated rings. The molecule has 0 unspecified atom stereocenters. The first kappa shape index (κ1) is 13.5. The lowest BCUT2D eigenvalue weighted by Crippen LogP contribution is -1.82. The molecule has 0 aliphatic carbocycles. The van der Waals surface area contributed by atoms with E-state index in [1.807, 2.05) is 48.6 Å². The van der Waals surface area contributed by atoms with E-state index in [0.717, 1.165) is 22.9 Å². The number of nitro groups is 1. The van der Waals surface area contributed by atoms with Gasteiger partial charge in [-0.2, -0.15) is 0 Å². The highest BCUT2D eigenvalue weighted by Gasteiger charge is 1.92. The molecule has 20 heavy (non-hydrogen) atoms. The summed E-state index contributed by atoms with van der Waals surface area (Å²) in [4.78, 5) is 9.73. The quantitative estimate of drug-likeness (QED) is 0.520. The van der Waals surface area contributed by atoms with Gasteiger partial charge in [0.2, 0.25) is 6.20 Å². The van der Waals surface area contributed by atoms with Gasteiger partial charge >= 0.3 is 0 Å². The summed E-state index contributed by atoms with van der Waals surface area (Å²) in [5.74, 6) is 0.240. The monoisotopic (exact) mass is 267 g/mol. The number of nitrogens with zero attached hydrogens (tertiary/aromatic N) is 1. The Labute approximate surface area is 116 Å². The lowest BCUT2D eigenvalue weighted by atomic mass is 10.1. The van der Waals surface area contributed by atoms with E-state index < -0.39 is 4.92 Å². The summed E-state index contributed by atoms with van der Waals surface area (Å²) in [5, 5.41) is 19.4. The predicted octanol–water partition coefficient (Wildman–Crippen LogP) is 3.81. The van der Waals surface area contributed by atoms with Crippen LogP contribution in [0.5, 0.6) is 5.75 Å². The van der Waals surface area contributed by atoms with Crippen molar-refractivity contribution in [2.45, 2.75) is 0 Å². The molecule has 2 rings (SSSR count). The van der Waals surface area contributed by atoms with E-state index in [9.17, 15) is 15.2 Å². The van der Waals surface area contributed by atoms with Gasteiger partial charge in [0.1, 0.15) is 5.75 Å². The van der Waals surface area contributed by atoms with Crippen LogP contribution in [0.2, 0.25) is 0 Å². The van der Waals surface area contributed by atoms with Crippen LogP contribution < -0.4 is 0 Å². The minimum Gasteiger partial charge on any atom is -0.508 e. The molecule has 0 atom stereocenters. The maximum Gasteiger partial charge on any atom is 0.235 e. The zero-order chi connectivity index (χ0) is 14.4. The van der Waals surface area contributed by atoms with Crippen LogP contribution in [-0.2, 0) is 0 Å². The van der Waals surface area contributed by atoms with E-state index in [1.165, 1.54) is 6.08 Å². The maximum atomic E-state index is 10.2. The minimum atomic E-state index is -0.487. The van der Waals surface area contributed by atoms with Gasteiger partial charge in [-0.3, -0.25) is 10.1 Å². The molecule has 4 heteroatoms. The van der Waals surface area contributed by atoms with Crippen molar-refractivity contribution in [2.24, 2.45) is 0 Å². The molecule has 0 heterocycles. The number of benzene rings is 2. The zero-order valence-electron chi connectivity index (χ0n) is 10.6. The van der Waals surface area contributed by atoms with Crippen LogP contribution in [0.3, 0.4) is 0 Å². The van der Waals surface area contributed by atoms with Crippen molar-refractivity contribution < 1.29 is 10.0 Å². The SMILES string of the molecule is O=[N+]([O-])/C=C/c1ccc(/C=C/c2ccc(O)cc2)cc1. The fourth-order valence-electron chi connectivity index (χ4n) is 1.64. The summed E-state index contributed by atoms with van der Waals surface area (Å²) < 4.78 is 0. The van der Waals surface area contributed by atoms with Gasteiger partial charge in [-0.15, -0.1) is 0 Å². The second-order valence-corrected chi connectivity index (χ2v) is 4.19. The third-order valence-electron chi connectivity index (χ3n) is 2.69. The summed E-state index contributed by atoms with van der Waals surface area (Å²) in [6.45, 7) is 0. The van der Waals surface area contributed by atoms with E-state index in [1.54, 1.807) is 12.1 Å². The largest absolute Gasteiger partial charge is 0.508 e. The molecule has 0 bridgehead atoms. The average molecular weight is 267 g/mol. The number of phenols is 1. The topological polar surface area (TPSA) is 63.4 Å². The Bertz CT molecular complexity index is 640. The van der Waals surface area contributed by atoms with Gasteiger partial charge in [-0.25, -0.2) is 0 Å². The zero-order valence-corrected chi connectivity index (χ0v) is 10.6. The number of hydrogen-bond acceptors (Lipinski definition) is 3. The summed E-state index contributed by atoms with van der Waals surface area (Å²) >= 11 is 0. The van der Waals surface area contributed by atoms with Gasteiger partial charge in [0, 0.05) is 6.08 Å². The lowest BCUT2D eigenvalue weighted by molar-refractivity contribution is -0.400. The van der Waals surface area contributed by atoms with Crippen molar-refractivity contribution in [1.29, 1.82) is 0 Å². The van der Waals surface area contributed by atoms with Gasteiger partial charge in [-0.1, -0.05) is 48.6 Å². The molecular weight excluding hydrogens is 254 g/mol. The highest BCUT2D eigenvalue weighted by molar-refractivity contribution is 5.70. The maximum absolute atomic E-state index is 10.2. The molecule has 0 spiro atoms. The standard InChI is InChI=1S/C16H13NO3/c18-16-9-7-14(8-10-16)2-1-13-3-5-15(6-4-13)11-12-17(19)20/h1-12,18H/b2-1+,12-11+. The van der Waals surface area contributed by atoms with Crippen LogP contribution in [-0.4, -0.2) is 10.0 Å². The second-order valence-electron chi connectivity index (χ2n) is 4.19. The van der Waals surface area contributed by atoms with Crippen molar-refractivity contribution >= 4 is 18.2 Å². The Morgan fingerprint density at radius 2 is 1.20 bits per heavy atom. The molecule has 4 nitrogen and oxygen atoms in total. The molecule has 1 N–H and O–H groups in total. The Morgan fingerprint density at radius 1 is 0.800 bits per heavy atom. The Balaban J connectivity index is 2.07. The van der Waals surface area contributed by atoms with Crippen molar-refractivity contribution in [3.05, 3.63) is 81.5 Å². The van der Waals surface area contributed by atoms with Gasteiger partial charge < -0.3 is 5.11 Å². The minimum absolute atomic E-state index is 0.240. The van der Waals surface area contributed by atoms with Gasteiger partial charge in [0.25, 0.3) is 0 Å². The van der Waals surface area contributed by atoms with Crippen molar-refractivity contribution in [2.75, 3.05) is 0 Å². The van der Waals surface area contributed by atoms with Crippen molar-refractivity contribution in [3.8, 4) is 5.75 Å². The van der Waals surface area contributed by atoms with E-state index in [0.29, 0.717) is 0 Å². The highest BCUT2D eigenvalue weighted by Crippen LogP contribution is 2.13. The molecule has 0 aliphatic rings. The van der Waals surface area contributed by atoms with E-state index in [4.69, 9.17) is 0 Å². The lowest BCUT2D eigenvalue weighted by Gasteiger charge is -1.96. The Kier molecular flexibility index (Phi) is 4.29. The van der Waals surface area contributed by atoms with Crippen LogP contribution in [0.25, 0.3) is 18.2 Å². The van der Waals surface area contributed by atoms with E-state index in [-0.39, 0.29) is 5.75 Å². The van der Waals surface area contributed by atoms with Crippen LogP contribution in [0.1, 0.15) is 16.7 Å². The summed E-state index contributed by atoms with van der Waals surface area (Å²) in [6, 6.07) is 14.3. The second kappa shape index (κ2) is 6.33. The van der Waals surface area contributed by atoms with E-state index in [2.05, 4.69) is 0 Å². The van der Waals surface area contributed by atoms with E-state index >= 15 is 0 Å². The molecular formula is C16H13NO3. The fraction of sp³-hybridized carbons (Fsp3) is 0. The number of phenolic OH excluding ortho intramolecular Hbond substituents is 1. The van der Waals surface area contributed by atoms with Gasteiger partial charge in [-0.05, 0) is 28.8 Å². The summed E-state index contributed by atoms with van der Waals surface area (Å²) in [7, 11) is 0. The molecule has 0 aromatic heterocycles. The van der Waals surface area contributed by atoms with Crippen LogP contribution in [0, 0.1) is 10.1 Å².